The number of anilines is 2. The van der Waals surface area contributed by atoms with Gasteiger partial charge in [0.05, 0.1) is 5.69 Å². The van der Waals surface area contributed by atoms with Gasteiger partial charge in [-0.1, -0.05) is 64.9 Å². The van der Waals surface area contributed by atoms with Crippen LogP contribution in [0.2, 0.25) is 5.02 Å². The van der Waals surface area contributed by atoms with E-state index in [1.54, 1.807) is 24.3 Å². The van der Waals surface area contributed by atoms with E-state index in [1.165, 1.54) is 11.8 Å². The van der Waals surface area contributed by atoms with Crippen molar-refractivity contribution in [2.75, 3.05) is 10.0 Å². The Hall–Kier alpha value is -2.92. The summed E-state index contributed by atoms with van der Waals surface area (Å²) >= 11 is 8.21. The van der Waals surface area contributed by atoms with Crippen molar-refractivity contribution < 1.29 is 13.2 Å². The number of sulfonamides is 1. The van der Waals surface area contributed by atoms with Gasteiger partial charge in [0.15, 0.2) is 0 Å². The van der Waals surface area contributed by atoms with Crippen LogP contribution in [0.4, 0.5) is 10.8 Å². The van der Waals surface area contributed by atoms with Gasteiger partial charge in [0.1, 0.15) is 0 Å². The van der Waals surface area contributed by atoms with Gasteiger partial charge in [0.25, 0.3) is 20.3 Å². The lowest BCUT2D eigenvalue weighted by Crippen LogP contribution is -2.13. The summed E-state index contributed by atoms with van der Waals surface area (Å²) in [7, 11) is -4.00. The molecule has 0 atom stereocenters. The van der Waals surface area contributed by atoms with Crippen LogP contribution in [-0.2, 0) is 15.8 Å². The number of amides is 1. The Morgan fingerprint density at radius 2 is 1.71 bits per heavy atom. The second-order valence-electron chi connectivity index (χ2n) is 7.21. The normalized spacial score (nSPS) is 11.2. The van der Waals surface area contributed by atoms with Gasteiger partial charge in [-0.15, -0.1) is 22.0 Å². The van der Waals surface area contributed by atoms with Gasteiger partial charge < -0.3 is 0 Å². The fourth-order valence-electron chi connectivity index (χ4n) is 2.85. The first kappa shape index (κ1) is 24.2. The molecule has 1 amide bonds. The first-order chi connectivity index (χ1) is 16.3. The molecule has 4 aromatic rings. The highest BCUT2D eigenvalue weighted by Crippen LogP contribution is 2.32. The maximum absolute atomic E-state index is 12.9. The van der Waals surface area contributed by atoms with Crippen molar-refractivity contribution in [3.8, 4) is 0 Å². The van der Waals surface area contributed by atoms with Gasteiger partial charge >= 0.3 is 0 Å². The molecule has 1 aromatic heterocycles. The molecule has 3 aromatic carbocycles. The summed E-state index contributed by atoms with van der Waals surface area (Å²) in [6.45, 7) is 1.92. The molecular weight excluding hydrogens is 512 g/mol. The molecule has 0 bridgehead atoms. The number of hydrogen-bond acceptors (Lipinski definition) is 7. The number of thioether (sulfide) groups is 1. The third-order valence-corrected chi connectivity index (χ3v) is 8.58. The summed E-state index contributed by atoms with van der Waals surface area (Å²) < 4.78 is 28.2. The van der Waals surface area contributed by atoms with Crippen molar-refractivity contribution in [3.05, 3.63) is 94.5 Å². The Labute approximate surface area is 210 Å². The maximum atomic E-state index is 12.9. The molecule has 1 heterocycles. The van der Waals surface area contributed by atoms with Crippen LogP contribution in [-0.4, -0.2) is 24.5 Å². The number of halogens is 1. The number of aryl methyl sites for hydroxylation is 1. The highest BCUT2D eigenvalue weighted by atomic mass is 35.5. The van der Waals surface area contributed by atoms with Crippen molar-refractivity contribution in [2.45, 2.75) is 21.9 Å². The maximum Gasteiger partial charge on any atom is 0.291 e. The number of benzene rings is 3. The SMILES string of the molecule is Cc1ccc(C(=O)Nc2nnc(S(=O)(=O)Nc3ccccc3SCc3ccc(Cl)cc3)s2)cc1. The second-order valence-corrected chi connectivity index (χ2v) is 11.5. The Morgan fingerprint density at radius 1 is 1.00 bits per heavy atom. The Bertz CT molecular complexity index is 1410. The molecule has 0 saturated carbocycles. The van der Waals surface area contributed by atoms with Crippen LogP contribution in [0.1, 0.15) is 21.5 Å². The minimum Gasteiger partial charge on any atom is -0.296 e. The minimum absolute atomic E-state index is 0.0938. The van der Waals surface area contributed by atoms with E-state index in [0.717, 1.165) is 27.4 Å². The topological polar surface area (TPSA) is 101 Å². The van der Waals surface area contributed by atoms with Gasteiger partial charge in [-0.05, 0) is 48.9 Å². The molecule has 0 aliphatic carbocycles. The lowest BCUT2D eigenvalue weighted by atomic mass is 10.1. The highest BCUT2D eigenvalue weighted by molar-refractivity contribution is 7.99. The van der Waals surface area contributed by atoms with Gasteiger partial charge in [0.2, 0.25) is 5.13 Å². The number of carbonyl (C=O) groups excluding carboxylic acids is 1. The molecule has 0 spiro atoms. The molecular formula is C23H19ClN4O3S3. The molecule has 0 fully saturated rings. The summed E-state index contributed by atoms with van der Waals surface area (Å²) in [5.41, 5.74) is 2.96. The predicted octanol–water partition coefficient (Wildman–Crippen LogP) is 5.85. The van der Waals surface area contributed by atoms with Crippen LogP contribution < -0.4 is 10.0 Å². The van der Waals surface area contributed by atoms with E-state index in [9.17, 15) is 13.2 Å². The van der Waals surface area contributed by atoms with E-state index in [1.807, 2.05) is 55.5 Å². The number of aromatic nitrogens is 2. The zero-order valence-electron chi connectivity index (χ0n) is 17.9. The number of nitrogens with one attached hydrogen (secondary N) is 2. The smallest absolute Gasteiger partial charge is 0.291 e. The third-order valence-electron chi connectivity index (χ3n) is 4.61. The summed E-state index contributed by atoms with van der Waals surface area (Å²) in [5, 5.41) is 10.9. The number of hydrogen-bond donors (Lipinski definition) is 2. The van der Waals surface area contributed by atoms with E-state index >= 15 is 0 Å². The Kier molecular flexibility index (Phi) is 7.52. The molecule has 0 radical (unpaired) electrons. The fraction of sp³-hybridized carbons (Fsp3) is 0.0870. The summed E-state index contributed by atoms with van der Waals surface area (Å²) in [5.74, 6) is 0.251. The Morgan fingerprint density at radius 3 is 2.44 bits per heavy atom. The molecule has 11 heteroatoms. The monoisotopic (exact) mass is 530 g/mol. The molecule has 174 valence electrons. The molecule has 0 aliphatic rings. The van der Waals surface area contributed by atoms with Crippen LogP contribution in [0.15, 0.2) is 82.0 Å². The van der Waals surface area contributed by atoms with Gasteiger partial charge in [-0.3, -0.25) is 14.8 Å². The van der Waals surface area contributed by atoms with Crippen LogP contribution in [0, 0.1) is 6.92 Å². The number of carbonyl (C=O) groups is 1. The van der Waals surface area contributed by atoms with E-state index in [0.29, 0.717) is 22.0 Å². The number of rotatable bonds is 8. The summed E-state index contributed by atoms with van der Waals surface area (Å²) in [4.78, 5) is 13.1. The number of para-hydroxylation sites is 1. The van der Waals surface area contributed by atoms with Crippen molar-refractivity contribution in [3.63, 3.8) is 0 Å². The average Bonchev–Trinajstić information content (AvgIpc) is 3.29. The molecule has 2 N–H and O–H groups in total. The number of nitrogens with zero attached hydrogens (tertiary/aromatic N) is 2. The van der Waals surface area contributed by atoms with Crippen LogP contribution in [0.25, 0.3) is 0 Å². The van der Waals surface area contributed by atoms with E-state index < -0.39 is 15.9 Å². The van der Waals surface area contributed by atoms with E-state index in [2.05, 4.69) is 20.2 Å². The van der Waals surface area contributed by atoms with Crippen molar-refractivity contribution in [2.24, 2.45) is 0 Å². The second kappa shape index (κ2) is 10.6. The van der Waals surface area contributed by atoms with Gasteiger partial charge in [-0.25, -0.2) is 0 Å². The predicted molar refractivity (Wildman–Crippen MR) is 137 cm³/mol. The quantitative estimate of drug-likeness (QED) is 0.219. The first-order valence-corrected chi connectivity index (χ1v) is 13.7. The summed E-state index contributed by atoms with van der Waals surface area (Å²) in [6.07, 6.45) is 0. The van der Waals surface area contributed by atoms with E-state index in [4.69, 9.17) is 11.6 Å². The molecule has 0 aliphatic heterocycles. The minimum atomic E-state index is -4.00. The summed E-state index contributed by atoms with van der Waals surface area (Å²) in [6, 6.07) is 21.6. The van der Waals surface area contributed by atoms with E-state index in [-0.39, 0.29) is 9.47 Å². The van der Waals surface area contributed by atoms with Crippen molar-refractivity contribution in [1.82, 2.24) is 10.2 Å². The van der Waals surface area contributed by atoms with Crippen LogP contribution in [0.5, 0.6) is 0 Å². The van der Waals surface area contributed by atoms with Gasteiger partial charge in [-0.2, -0.15) is 8.42 Å². The Balaban J connectivity index is 1.45. The first-order valence-electron chi connectivity index (χ1n) is 10.0. The molecule has 7 nitrogen and oxygen atoms in total. The standard InChI is InChI=1S/C23H19ClN4O3S3/c1-15-6-10-17(11-7-15)21(29)25-22-26-27-23(33-22)34(30,31)28-19-4-2-3-5-20(19)32-14-16-8-12-18(24)13-9-16/h2-13,28H,14H2,1H3,(H,25,26,29). The molecule has 0 unspecified atom stereocenters. The fourth-order valence-corrected chi connectivity index (χ4v) is 5.98. The van der Waals surface area contributed by atoms with Crippen molar-refractivity contribution in [1.29, 1.82) is 0 Å². The lowest BCUT2D eigenvalue weighted by molar-refractivity contribution is 0.102. The average molecular weight is 531 g/mol. The third kappa shape index (κ3) is 6.15. The zero-order valence-corrected chi connectivity index (χ0v) is 21.1. The van der Waals surface area contributed by atoms with Crippen LogP contribution >= 0.6 is 34.7 Å². The zero-order chi connectivity index (χ0) is 24.1. The lowest BCUT2D eigenvalue weighted by Gasteiger charge is -2.11. The van der Waals surface area contributed by atoms with Gasteiger partial charge in [0, 0.05) is 21.2 Å². The van der Waals surface area contributed by atoms with Crippen LogP contribution in [0.3, 0.4) is 0 Å². The molecule has 4 rings (SSSR count). The van der Waals surface area contributed by atoms with Crippen molar-refractivity contribution >= 4 is 61.4 Å². The molecule has 34 heavy (non-hydrogen) atoms. The molecule has 0 saturated heterocycles. The highest BCUT2D eigenvalue weighted by Gasteiger charge is 2.22. The largest absolute Gasteiger partial charge is 0.296 e.